The van der Waals surface area contributed by atoms with Gasteiger partial charge in [-0.3, -0.25) is 4.79 Å². The number of aromatic nitrogens is 2. The van der Waals surface area contributed by atoms with Gasteiger partial charge in [0.15, 0.2) is 6.04 Å². The van der Waals surface area contributed by atoms with Crippen molar-refractivity contribution < 1.29 is 35.9 Å². The van der Waals surface area contributed by atoms with E-state index in [4.69, 9.17) is 4.74 Å². The Morgan fingerprint density at radius 3 is 2.58 bits per heavy atom. The molecule has 1 N–H and O–H groups in total. The Morgan fingerprint density at radius 1 is 1.21 bits per heavy atom. The van der Waals surface area contributed by atoms with Gasteiger partial charge >= 0.3 is 12.4 Å². The summed E-state index contributed by atoms with van der Waals surface area (Å²) in [6, 6.07) is 4.64. The van der Waals surface area contributed by atoms with E-state index in [0.29, 0.717) is 28.4 Å². The number of nitrogens with zero attached hydrogens (tertiary/aromatic N) is 2. The Labute approximate surface area is 188 Å². The van der Waals surface area contributed by atoms with Gasteiger partial charge in [-0.2, -0.15) is 26.3 Å². The lowest BCUT2D eigenvalue weighted by molar-refractivity contribution is -0.193. The highest BCUT2D eigenvalue weighted by atomic mass is 32.2. The second-order valence-corrected chi connectivity index (χ2v) is 8.38. The highest BCUT2D eigenvalue weighted by Crippen LogP contribution is 2.44. The predicted octanol–water partition coefficient (Wildman–Crippen LogP) is 5.37. The molecule has 2 aromatic heterocycles. The number of fused-ring (bicyclic) bond motifs is 3. The van der Waals surface area contributed by atoms with Gasteiger partial charge in [0.25, 0.3) is 0 Å². The number of halogens is 6. The number of alkyl halides is 6. The van der Waals surface area contributed by atoms with E-state index in [1.165, 1.54) is 7.11 Å². The van der Waals surface area contributed by atoms with Gasteiger partial charge in [0.05, 0.1) is 29.1 Å². The molecule has 3 heterocycles. The number of thioether (sulfide) groups is 1. The fourth-order valence-corrected chi connectivity index (χ4v) is 4.58. The predicted molar refractivity (Wildman–Crippen MR) is 109 cm³/mol. The molecule has 0 saturated carbocycles. The van der Waals surface area contributed by atoms with Crippen molar-refractivity contribution >= 4 is 28.6 Å². The van der Waals surface area contributed by atoms with Gasteiger partial charge < -0.3 is 14.6 Å². The van der Waals surface area contributed by atoms with Crippen molar-refractivity contribution in [3.8, 4) is 5.75 Å². The summed E-state index contributed by atoms with van der Waals surface area (Å²) in [5.41, 5.74) is -0.0580. The first-order valence-corrected chi connectivity index (χ1v) is 10.7. The van der Waals surface area contributed by atoms with Crippen LogP contribution in [0.4, 0.5) is 26.3 Å². The number of rotatable bonds is 4. The molecule has 3 aromatic rings. The van der Waals surface area contributed by atoms with Crippen molar-refractivity contribution in [2.45, 2.75) is 29.8 Å². The molecule has 1 aliphatic heterocycles. The minimum Gasteiger partial charge on any atom is -0.497 e. The lowest BCUT2D eigenvalue weighted by Crippen LogP contribution is -2.47. The summed E-state index contributed by atoms with van der Waals surface area (Å²) in [7, 11) is 1.46. The molecule has 0 aliphatic carbocycles. The zero-order chi connectivity index (χ0) is 24.0. The number of methoxy groups -OCH3 is 1. The lowest BCUT2D eigenvalue weighted by Gasteiger charge is -2.36. The molecule has 0 spiro atoms. The average Bonchev–Trinajstić information content (AvgIpc) is 3.13. The largest absolute Gasteiger partial charge is 0.497 e. The van der Waals surface area contributed by atoms with Crippen LogP contribution in [-0.4, -0.2) is 46.4 Å². The van der Waals surface area contributed by atoms with E-state index in [2.05, 4.69) is 9.97 Å². The number of carbonyl (C=O) groups excluding carboxylic acids is 1. The van der Waals surface area contributed by atoms with Crippen LogP contribution in [0, 0.1) is 0 Å². The fraction of sp³-hybridized carbons (Fsp3) is 0.333. The number of benzene rings is 1. The summed E-state index contributed by atoms with van der Waals surface area (Å²) in [6.07, 6.45) is -8.45. The average molecular weight is 489 g/mol. The number of ether oxygens (including phenoxy) is 1. The van der Waals surface area contributed by atoms with Crippen LogP contribution in [0.15, 0.2) is 41.6 Å². The van der Waals surface area contributed by atoms with Crippen molar-refractivity contribution in [1.29, 1.82) is 0 Å². The molecular weight excluding hydrogens is 472 g/mol. The number of pyridine rings is 1. The first-order valence-electron chi connectivity index (χ1n) is 9.69. The topological polar surface area (TPSA) is 58.2 Å². The van der Waals surface area contributed by atoms with Crippen LogP contribution in [0.3, 0.4) is 0 Å². The first-order chi connectivity index (χ1) is 15.5. The van der Waals surface area contributed by atoms with E-state index in [-0.39, 0.29) is 23.7 Å². The Balaban J connectivity index is 1.57. The highest BCUT2D eigenvalue weighted by Gasteiger charge is 2.50. The van der Waals surface area contributed by atoms with Crippen molar-refractivity contribution in [3.63, 3.8) is 0 Å². The van der Waals surface area contributed by atoms with Crippen molar-refractivity contribution in [2.75, 3.05) is 19.4 Å². The van der Waals surface area contributed by atoms with Gasteiger partial charge in [-0.1, -0.05) is 11.8 Å². The summed E-state index contributed by atoms with van der Waals surface area (Å²) >= 11 is 0.782. The van der Waals surface area contributed by atoms with Gasteiger partial charge in [0.1, 0.15) is 5.75 Å². The summed E-state index contributed by atoms with van der Waals surface area (Å²) in [5, 5.41) is 0.712. The SMILES string of the molecule is COc1ccc2[nH]c3c(c2c1)CCN(C(=O)CSc1ccc(C(F)(F)F)cn1)C3C(F)(F)F. The third kappa shape index (κ3) is 4.61. The number of hydrogen-bond donors (Lipinski definition) is 1. The summed E-state index contributed by atoms with van der Waals surface area (Å²) in [6.45, 7) is -0.152. The molecule has 1 amide bonds. The maximum absolute atomic E-state index is 14.1. The highest BCUT2D eigenvalue weighted by molar-refractivity contribution is 7.99. The first kappa shape index (κ1) is 23.3. The van der Waals surface area contributed by atoms with Crippen molar-refractivity contribution in [3.05, 3.63) is 53.3 Å². The van der Waals surface area contributed by atoms with Crippen LogP contribution in [0.2, 0.25) is 0 Å². The van der Waals surface area contributed by atoms with E-state index >= 15 is 0 Å². The van der Waals surface area contributed by atoms with Crippen LogP contribution < -0.4 is 4.74 Å². The minimum atomic E-state index is -4.73. The Morgan fingerprint density at radius 2 is 1.97 bits per heavy atom. The molecule has 0 saturated heterocycles. The molecule has 176 valence electrons. The molecule has 1 unspecified atom stereocenters. The normalized spacial score (nSPS) is 16.7. The molecule has 5 nitrogen and oxygen atoms in total. The minimum absolute atomic E-state index is 0.0944. The molecular formula is C21H17F6N3O2S. The maximum Gasteiger partial charge on any atom is 0.417 e. The Bertz CT molecular complexity index is 1170. The summed E-state index contributed by atoms with van der Waals surface area (Å²) in [5.74, 6) is -0.674. The van der Waals surface area contributed by atoms with E-state index in [1.54, 1.807) is 18.2 Å². The van der Waals surface area contributed by atoms with Gasteiger partial charge in [-0.25, -0.2) is 4.98 Å². The Kier molecular flexibility index (Phi) is 5.97. The lowest BCUT2D eigenvalue weighted by atomic mass is 9.96. The van der Waals surface area contributed by atoms with Crippen LogP contribution in [0.1, 0.15) is 22.9 Å². The fourth-order valence-electron chi connectivity index (χ4n) is 3.86. The molecule has 12 heteroatoms. The van der Waals surface area contributed by atoms with Gasteiger partial charge in [0, 0.05) is 23.6 Å². The number of aromatic amines is 1. The third-order valence-electron chi connectivity index (χ3n) is 5.37. The van der Waals surface area contributed by atoms with Crippen LogP contribution in [0.25, 0.3) is 10.9 Å². The second kappa shape index (κ2) is 8.47. The summed E-state index contributed by atoms with van der Waals surface area (Å²) < 4.78 is 85.3. The number of carbonyl (C=O) groups is 1. The van der Waals surface area contributed by atoms with E-state index in [9.17, 15) is 31.1 Å². The Hall–Kier alpha value is -2.89. The number of hydrogen-bond acceptors (Lipinski definition) is 4. The summed E-state index contributed by atoms with van der Waals surface area (Å²) in [4.78, 5) is 20.0. The van der Waals surface area contributed by atoms with Gasteiger partial charge in [-0.15, -0.1) is 0 Å². The van der Waals surface area contributed by atoms with E-state index < -0.39 is 35.6 Å². The molecule has 33 heavy (non-hydrogen) atoms. The monoisotopic (exact) mass is 489 g/mol. The van der Waals surface area contributed by atoms with Crippen molar-refractivity contribution in [2.24, 2.45) is 0 Å². The smallest absolute Gasteiger partial charge is 0.417 e. The number of amides is 1. The zero-order valence-electron chi connectivity index (χ0n) is 17.0. The molecule has 4 rings (SSSR count). The van der Waals surface area contributed by atoms with Crippen molar-refractivity contribution in [1.82, 2.24) is 14.9 Å². The van der Waals surface area contributed by atoms with Crippen LogP contribution in [-0.2, 0) is 17.4 Å². The molecule has 0 bridgehead atoms. The number of nitrogens with one attached hydrogen (secondary N) is 1. The number of H-pyrrole nitrogens is 1. The molecule has 1 atom stereocenters. The molecule has 0 fully saturated rings. The standard InChI is InChI=1S/C21H17F6N3O2S/c1-32-12-3-4-15-14(8-12)13-6-7-30(19(18(13)29-15)21(25,26)27)17(31)10-33-16-5-2-11(9-28-16)20(22,23)24/h2-5,8-9,19,29H,6-7,10H2,1H3. The molecule has 1 aliphatic rings. The maximum atomic E-state index is 14.1. The quantitative estimate of drug-likeness (QED) is 0.396. The van der Waals surface area contributed by atoms with Gasteiger partial charge in [0.2, 0.25) is 5.91 Å². The molecule has 0 radical (unpaired) electrons. The molecule has 1 aromatic carbocycles. The third-order valence-corrected chi connectivity index (χ3v) is 6.30. The van der Waals surface area contributed by atoms with Crippen LogP contribution >= 0.6 is 11.8 Å². The van der Waals surface area contributed by atoms with E-state index in [0.717, 1.165) is 28.8 Å². The second-order valence-electron chi connectivity index (χ2n) is 7.38. The van der Waals surface area contributed by atoms with E-state index in [1.807, 2.05) is 0 Å². The van der Waals surface area contributed by atoms with Crippen LogP contribution in [0.5, 0.6) is 5.75 Å². The zero-order valence-corrected chi connectivity index (χ0v) is 17.9. The van der Waals surface area contributed by atoms with Gasteiger partial charge in [-0.05, 0) is 42.3 Å².